The third kappa shape index (κ3) is 5.66. The lowest BCUT2D eigenvalue weighted by atomic mass is 10.0. The molecule has 86 valence electrons. The van der Waals surface area contributed by atoms with Gasteiger partial charge in [-0.3, -0.25) is 9.59 Å². The van der Waals surface area contributed by atoms with Crippen molar-refractivity contribution in [1.82, 2.24) is 5.32 Å². The molecule has 0 aliphatic heterocycles. The minimum Gasteiger partial charge on any atom is -0.480 e. The summed E-state index contributed by atoms with van der Waals surface area (Å²) >= 11 is 0. The van der Waals surface area contributed by atoms with E-state index in [0.29, 0.717) is 0 Å². The number of ether oxygens (including phenoxy) is 1. The molecular formula is C9H15NO5. The van der Waals surface area contributed by atoms with E-state index in [1.165, 1.54) is 13.8 Å². The van der Waals surface area contributed by atoms with Crippen LogP contribution < -0.4 is 5.32 Å². The lowest BCUT2D eigenvalue weighted by Crippen LogP contribution is -2.45. The number of carbonyl (C=O) groups excluding carboxylic acids is 2. The van der Waals surface area contributed by atoms with Gasteiger partial charge in [0.25, 0.3) is 0 Å². The van der Waals surface area contributed by atoms with Gasteiger partial charge in [0, 0.05) is 19.8 Å². The molecule has 0 aromatic rings. The summed E-state index contributed by atoms with van der Waals surface area (Å²) in [6.45, 7) is 4.01. The highest BCUT2D eigenvalue weighted by molar-refractivity contribution is 5.82. The van der Waals surface area contributed by atoms with Crippen LogP contribution in [-0.2, 0) is 19.1 Å². The number of rotatable bonds is 5. The van der Waals surface area contributed by atoms with Crippen LogP contribution in [0.2, 0.25) is 0 Å². The number of aliphatic carboxylic acids is 1. The molecule has 6 nitrogen and oxygen atoms in total. The van der Waals surface area contributed by atoms with Crippen molar-refractivity contribution in [2.75, 3.05) is 6.61 Å². The van der Waals surface area contributed by atoms with Crippen LogP contribution in [0.15, 0.2) is 0 Å². The molecule has 1 amide bonds. The van der Waals surface area contributed by atoms with Crippen molar-refractivity contribution in [2.24, 2.45) is 5.92 Å². The molecule has 6 heteroatoms. The van der Waals surface area contributed by atoms with E-state index in [0.717, 1.165) is 0 Å². The summed E-state index contributed by atoms with van der Waals surface area (Å²) in [4.78, 5) is 32.0. The van der Waals surface area contributed by atoms with E-state index in [2.05, 4.69) is 10.1 Å². The monoisotopic (exact) mass is 217 g/mol. The zero-order chi connectivity index (χ0) is 12.0. The molecule has 0 aromatic heterocycles. The standard InChI is InChI=1S/C9H15NO5/c1-5(4-15-7(3)12)8(9(13)14)10-6(2)11/h5,8H,4H2,1-3H3,(H,10,11)(H,13,14). The highest BCUT2D eigenvalue weighted by Gasteiger charge is 2.26. The molecule has 0 heterocycles. The average Bonchev–Trinajstić information content (AvgIpc) is 2.09. The number of hydrogen-bond donors (Lipinski definition) is 2. The molecule has 0 spiro atoms. The maximum absolute atomic E-state index is 10.8. The fourth-order valence-electron chi connectivity index (χ4n) is 1.01. The maximum atomic E-state index is 10.8. The summed E-state index contributed by atoms with van der Waals surface area (Å²) in [6, 6.07) is -1.04. The summed E-state index contributed by atoms with van der Waals surface area (Å²) in [6.07, 6.45) is 0. The third-order valence-electron chi connectivity index (χ3n) is 1.74. The molecular weight excluding hydrogens is 202 g/mol. The first-order valence-corrected chi connectivity index (χ1v) is 4.48. The molecule has 0 aromatic carbocycles. The summed E-state index contributed by atoms with van der Waals surface area (Å²) in [7, 11) is 0. The highest BCUT2D eigenvalue weighted by Crippen LogP contribution is 2.04. The Bertz CT molecular complexity index is 263. The van der Waals surface area contributed by atoms with E-state index in [-0.39, 0.29) is 6.61 Å². The first-order chi connectivity index (χ1) is 6.84. The topological polar surface area (TPSA) is 92.7 Å². The quantitative estimate of drug-likeness (QED) is 0.621. The molecule has 2 unspecified atom stereocenters. The fourth-order valence-corrected chi connectivity index (χ4v) is 1.01. The second-order valence-electron chi connectivity index (χ2n) is 3.30. The molecule has 0 saturated heterocycles. The summed E-state index contributed by atoms with van der Waals surface area (Å²) in [5.74, 6) is -2.54. The minimum atomic E-state index is -1.15. The summed E-state index contributed by atoms with van der Waals surface area (Å²) < 4.78 is 4.66. The molecule has 0 fully saturated rings. The number of hydrogen-bond acceptors (Lipinski definition) is 4. The van der Waals surface area contributed by atoms with Gasteiger partial charge >= 0.3 is 11.9 Å². The van der Waals surface area contributed by atoms with Crippen molar-refractivity contribution in [2.45, 2.75) is 26.8 Å². The predicted molar refractivity (Wildman–Crippen MR) is 51.0 cm³/mol. The lowest BCUT2D eigenvalue weighted by molar-refractivity contribution is -0.148. The molecule has 0 saturated carbocycles. The number of nitrogens with one attached hydrogen (secondary N) is 1. The van der Waals surface area contributed by atoms with Crippen molar-refractivity contribution in [3.8, 4) is 0 Å². The van der Waals surface area contributed by atoms with Gasteiger partial charge in [-0.15, -0.1) is 0 Å². The number of carbonyl (C=O) groups is 3. The number of carboxylic acid groups (broad SMARTS) is 1. The van der Waals surface area contributed by atoms with Gasteiger partial charge < -0.3 is 15.2 Å². The van der Waals surface area contributed by atoms with Crippen LogP contribution in [0.1, 0.15) is 20.8 Å². The fraction of sp³-hybridized carbons (Fsp3) is 0.667. The summed E-state index contributed by atoms with van der Waals surface area (Å²) in [5.41, 5.74) is 0. The molecule has 0 radical (unpaired) electrons. The zero-order valence-electron chi connectivity index (χ0n) is 8.94. The first kappa shape index (κ1) is 13.4. The number of carboxylic acids is 1. The number of esters is 1. The SMILES string of the molecule is CC(=O)NC(C(=O)O)C(C)COC(C)=O. The Kier molecular flexibility index (Phi) is 5.36. The van der Waals surface area contributed by atoms with Gasteiger partial charge in [-0.2, -0.15) is 0 Å². The normalized spacial score (nSPS) is 13.8. The van der Waals surface area contributed by atoms with Crippen molar-refractivity contribution in [1.29, 1.82) is 0 Å². The van der Waals surface area contributed by atoms with Gasteiger partial charge in [0.05, 0.1) is 6.61 Å². The minimum absolute atomic E-state index is 0.0351. The van der Waals surface area contributed by atoms with Gasteiger partial charge in [0.15, 0.2) is 0 Å². The van der Waals surface area contributed by atoms with Gasteiger partial charge in [-0.05, 0) is 0 Å². The smallest absolute Gasteiger partial charge is 0.326 e. The van der Waals surface area contributed by atoms with Crippen LogP contribution in [-0.4, -0.2) is 35.6 Å². The molecule has 2 N–H and O–H groups in total. The second kappa shape index (κ2) is 6.00. The van der Waals surface area contributed by atoms with Crippen molar-refractivity contribution in [3.05, 3.63) is 0 Å². The molecule has 0 aliphatic carbocycles. The molecule has 0 rings (SSSR count). The zero-order valence-corrected chi connectivity index (χ0v) is 8.94. The van der Waals surface area contributed by atoms with Crippen LogP contribution in [0.4, 0.5) is 0 Å². The van der Waals surface area contributed by atoms with Gasteiger partial charge in [-0.1, -0.05) is 6.92 Å². The number of amides is 1. The Morgan fingerprint density at radius 2 is 1.87 bits per heavy atom. The second-order valence-corrected chi connectivity index (χ2v) is 3.30. The maximum Gasteiger partial charge on any atom is 0.326 e. The average molecular weight is 217 g/mol. The van der Waals surface area contributed by atoms with Crippen molar-refractivity contribution in [3.63, 3.8) is 0 Å². The first-order valence-electron chi connectivity index (χ1n) is 4.48. The Morgan fingerprint density at radius 1 is 1.33 bits per heavy atom. The molecule has 0 aliphatic rings. The van der Waals surface area contributed by atoms with Crippen LogP contribution in [0, 0.1) is 5.92 Å². The van der Waals surface area contributed by atoms with Crippen molar-refractivity contribution < 1.29 is 24.2 Å². The predicted octanol–water partition coefficient (Wildman–Crippen LogP) is -0.225. The highest BCUT2D eigenvalue weighted by atomic mass is 16.5. The van der Waals surface area contributed by atoms with E-state index in [1.807, 2.05) is 0 Å². The van der Waals surface area contributed by atoms with Crippen LogP contribution in [0.25, 0.3) is 0 Å². The van der Waals surface area contributed by atoms with E-state index in [1.54, 1.807) is 6.92 Å². The largest absolute Gasteiger partial charge is 0.480 e. The van der Waals surface area contributed by atoms with Crippen molar-refractivity contribution >= 4 is 17.8 Å². The molecule has 0 bridgehead atoms. The van der Waals surface area contributed by atoms with Gasteiger partial charge in [0.2, 0.25) is 5.91 Å². The van der Waals surface area contributed by atoms with Crippen LogP contribution in [0.5, 0.6) is 0 Å². The third-order valence-corrected chi connectivity index (χ3v) is 1.74. The molecule has 2 atom stereocenters. The Labute approximate surface area is 87.6 Å². The Hall–Kier alpha value is -1.59. The van der Waals surface area contributed by atoms with E-state index in [9.17, 15) is 14.4 Å². The Balaban J connectivity index is 4.28. The van der Waals surface area contributed by atoms with Crippen LogP contribution >= 0.6 is 0 Å². The Morgan fingerprint density at radius 3 is 2.20 bits per heavy atom. The van der Waals surface area contributed by atoms with Gasteiger partial charge in [-0.25, -0.2) is 4.79 Å². The van der Waals surface area contributed by atoms with E-state index in [4.69, 9.17) is 5.11 Å². The van der Waals surface area contributed by atoms with Crippen LogP contribution in [0.3, 0.4) is 0 Å². The lowest BCUT2D eigenvalue weighted by Gasteiger charge is -2.20. The van der Waals surface area contributed by atoms with E-state index >= 15 is 0 Å². The van der Waals surface area contributed by atoms with Gasteiger partial charge in [0.1, 0.15) is 6.04 Å². The van der Waals surface area contributed by atoms with E-state index < -0.39 is 29.8 Å². The summed E-state index contributed by atoms with van der Waals surface area (Å²) in [5, 5.41) is 11.1. The molecule has 15 heavy (non-hydrogen) atoms.